The van der Waals surface area contributed by atoms with E-state index in [1.165, 1.54) is 0 Å². The predicted octanol–water partition coefficient (Wildman–Crippen LogP) is 0.550. The Labute approximate surface area is 96.8 Å². The van der Waals surface area contributed by atoms with Crippen LogP contribution in [0.4, 0.5) is 0 Å². The predicted molar refractivity (Wildman–Crippen MR) is 62.1 cm³/mol. The zero-order valence-electron chi connectivity index (χ0n) is 10.0. The van der Waals surface area contributed by atoms with Crippen molar-refractivity contribution < 1.29 is 9.90 Å². The van der Waals surface area contributed by atoms with Gasteiger partial charge in [0.2, 0.25) is 5.91 Å². The first kappa shape index (κ1) is 11.9. The standard InChI is InChI=1S/C12H22N2O2/c1-2-4-12(5-3-8-13-12)10(16)14-11(9-15)6-7-11/h13,15H,2-9H2,1H3,(H,14,16). The van der Waals surface area contributed by atoms with Gasteiger partial charge in [-0.25, -0.2) is 0 Å². The Morgan fingerprint density at radius 2 is 2.19 bits per heavy atom. The van der Waals surface area contributed by atoms with Crippen molar-refractivity contribution in [1.82, 2.24) is 10.6 Å². The maximum atomic E-state index is 12.3. The maximum absolute atomic E-state index is 12.3. The summed E-state index contributed by atoms with van der Waals surface area (Å²) in [6, 6.07) is 0. The highest BCUT2D eigenvalue weighted by atomic mass is 16.3. The van der Waals surface area contributed by atoms with Gasteiger partial charge in [0.15, 0.2) is 0 Å². The van der Waals surface area contributed by atoms with Crippen LogP contribution < -0.4 is 10.6 Å². The molecule has 0 bridgehead atoms. The Hall–Kier alpha value is -0.610. The fraction of sp³-hybridized carbons (Fsp3) is 0.917. The van der Waals surface area contributed by atoms with Crippen molar-refractivity contribution in [2.24, 2.45) is 0 Å². The van der Waals surface area contributed by atoms with Crippen molar-refractivity contribution in [3.8, 4) is 0 Å². The lowest BCUT2D eigenvalue weighted by molar-refractivity contribution is -0.128. The van der Waals surface area contributed by atoms with Crippen LogP contribution in [0.15, 0.2) is 0 Å². The van der Waals surface area contributed by atoms with Crippen LogP contribution in [0.25, 0.3) is 0 Å². The molecule has 4 heteroatoms. The van der Waals surface area contributed by atoms with Gasteiger partial charge in [0, 0.05) is 0 Å². The molecule has 0 spiro atoms. The maximum Gasteiger partial charge on any atom is 0.240 e. The average molecular weight is 226 g/mol. The van der Waals surface area contributed by atoms with Gasteiger partial charge in [0.05, 0.1) is 17.7 Å². The first-order valence-electron chi connectivity index (χ1n) is 6.35. The topological polar surface area (TPSA) is 61.4 Å². The third-order valence-corrected chi connectivity index (χ3v) is 3.89. The van der Waals surface area contributed by atoms with Gasteiger partial charge in [0.1, 0.15) is 0 Å². The van der Waals surface area contributed by atoms with Gasteiger partial charge in [-0.3, -0.25) is 4.79 Å². The molecule has 92 valence electrons. The van der Waals surface area contributed by atoms with Crippen LogP contribution in [0.2, 0.25) is 0 Å². The van der Waals surface area contributed by atoms with Crippen molar-refractivity contribution in [1.29, 1.82) is 0 Å². The summed E-state index contributed by atoms with van der Waals surface area (Å²) in [6.07, 6.45) is 5.72. The van der Waals surface area contributed by atoms with Gasteiger partial charge >= 0.3 is 0 Å². The number of rotatable bonds is 5. The summed E-state index contributed by atoms with van der Waals surface area (Å²) in [5.41, 5.74) is -0.651. The second-order valence-electron chi connectivity index (χ2n) is 5.26. The molecule has 1 saturated carbocycles. The Kier molecular flexibility index (Phi) is 3.22. The number of nitrogens with one attached hydrogen (secondary N) is 2. The number of carbonyl (C=O) groups is 1. The van der Waals surface area contributed by atoms with Gasteiger partial charge in [-0.05, 0) is 38.6 Å². The van der Waals surface area contributed by atoms with Crippen LogP contribution in [0.5, 0.6) is 0 Å². The number of amides is 1. The largest absolute Gasteiger partial charge is 0.394 e. The van der Waals surface area contributed by atoms with Crippen LogP contribution in [-0.4, -0.2) is 35.2 Å². The highest BCUT2D eigenvalue weighted by molar-refractivity contribution is 5.87. The number of hydrogen-bond acceptors (Lipinski definition) is 3. The highest BCUT2D eigenvalue weighted by Gasteiger charge is 2.48. The molecule has 3 N–H and O–H groups in total. The van der Waals surface area contributed by atoms with E-state index in [4.69, 9.17) is 0 Å². The number of aliphatic hydroxyl groups is 1. The minimum Gasteiger partial charge on any atom is -0.394 e. The smallest absolute Gasteiger partial charge is 0.240 e. The lowest BCUT2D eigenvalue weighted by Gasteiger charge is -2.30. The third-order valence-electron chi connectivity index (χ3n) is 3.89. The van der Waals surface area contributed by atoms with Crippen molar-refractivity contribution in [2.75, 3.05) is 13.2 Å². The molecule has 2 fully saturated rings. The Morgan fingerprint density at radius 3 is 2.62 bits per heavy atom. The normalized spacial score (nSPS) is 31.4. The molecular weight excluding hydrogens is 204 g/mol. The molecule has 4 nitrogen and oxygen atoms in total. The lowest BCUT2D eigenvalue weighted by Crippen LogP contribution is -2.57. The van der Waals surface area contributed by atoms with Crippen LogP contribution in [0.3, 0.4) is 0 Å². The molecule has 1 heterocycles. The number of aliphatic hydroxyl groups excluding tert-OH is 1. The Balaban J connectivity index is 2.00. The molecule has 1 atom stereocenters. The molecular formula is C12H22N2O2. The zero-order valence-corrected chi connectivity index (χ0v) is 10.0. The monoisotopic (exact) mass is 226 g/mol. The summed E-state index contributed by atoms with van der Waals surface area (Å²) in [4.78, 5) is 12.3. The summed E-state index contributed by atoms with van der Waals surface area (Å²) in [5, 5.41) is 15.6. The summed E-state index contributed by atoms with van der Waals surface area (Å²) in [6.45, 7) is 3.11. The molecule has 1 aliphatic heterocycles. The first-order chi connectivity index (χ1) is 7.66. The zero-order chi connectivity index (χ0) is 11.6. The number of carbonyl (C=O) groups excluding carboxylic acids is 1. The van der Waals surface area contributed by atoms with E-state index < -0.39 is 0 Å². The quantitative estimate of drug-likeness (QED) is 0.641. The van der Waals surface area contributed by atoms with E-state index in [0.717, 1.165) is 45.1 Å². The van der Waals surface area contributed by atoms with E-state index in [1.54, 1.807) is 0 Å². The summed E-state index contributed by atoms with van der Waals surface area (Å²) < 4.78 is 0. The van der Waals surface area contributed by atoms with E-state index >= 15 is 0 Å². The van der Waals surface area contributed by atoms with Crippen LogP contribution >= 0.6 is 0 Å². The fourth-order valence-corrected chi connectivity index (χ4v) is 2.59. The van der Waals surface area contributed by atoms with Gasteiger partial charge in [-0.2, -0.15) is 0 Å². The van der Waals surface area contributed by atoms with Gasteiger partial charge in [-0.1, -0.05) is 13.3 Å². The molecule has 2 rings (SSSR count). The summed E-state index contributed by atoms with van der Waals surface area (Å²) in [7, 11) is 0. The molecule has 2 aliphatic rings. The molecule has 0 aromatic heterocycles. The summed E-state index contributed by atoms with van der Waals surface area (Å²) >= 11 is 0. The second-order valence-corrected chi connectivity index (χ2v) is 5.26. The van der Waals surface area contributed by atoms with Crippen molar-refractivity contribution in [3.63, 3.8) is 0 Å². The molecule has 16 heavy (non-hydrogen) atoms. The van der Waals surface area contributed by atoms with E-state index in [1.807, 2.05) is 0 Å². The molecule has 1 unspecified atom stereocenters. The highest BCUT2D eigenvalue weighted by Crippen LogP contribution is 2.36. The Morgan fingerprint density at radius 1 is 1.44 bits per heavy atom. The molecule has 0 aromatic rings. The van der Waals surface area contributed by atoms with E-state index in [-0.39, 0.29) is 23.6 Å². The molecule has 1 amide bonds. The fourth-order valence-electron chi connectivity index (χ4n) is 2.59. The van der Waals surface area contributed by atoms with E-state index in [9.17, 15) is 9.90 Å². The minimum atomic E-state index is -0.362. The minimum absolute atomic E-state index is 0.0704. The molecule has 1 saturated heterocycles. The Bertz CT molecular complexity index is 268. The number of hydrogen-bond donors (Lipinski definition) is 3. The van der Waals surface area contributed by atoms with Crippen LogP contribution in [-0.2, 0) is 4.79 Å². The second kappa shape index (κ2) is 4.34. The molecule has 0 radical (unpaired) electrons. The van der Waals surface area contributed by atoms with E-state index in [0.29, 0.717) is 0 Å². The molecule has 0 aromatic carbocycles. The third kappa shape index (κ3) is 2.09. The van der Waals surface area contributed by atoms with Crippen molar-refractivity contribution in [2.45, 2.75) is 56.5 Å². The SMILES string of the molecule is CCCC1(C(=O)NC2(CO)CC2)CCCN1. The van der Waals surface area contributed by atoms with E-state index in [2.05, 4.69) is 17.6 Å². The van der Waals surface area contributed by atoms with Gasteiger partial charge in [-0.15, -0.1) is 0 Å². The van der Waals surface area contributed by atoms with Gasteiger partial charge < -0.3 is 15.7 Å². The van der Waals surface area contributed by atoms with Crippen molar-refractivity contribution >= 4 is 5.91 Å². The van der Waals surface area contributed by atoms with Gasteiger partial charge in [0.25, 0.3) is 0 Å². The average Bonchev–Trinajstić information content (AvgIpc) is 2.88. The first-order valence-corrected chi connectivity index (χ1v) is 6.35. The van der Waals surface area contributed by atoms with Crippen LogP contribution in [0, 0.1) is 0 Å². The van der Waals surface area contributed by atoms with Crippen LogP contribution in [0.1, 0.15) is 45.4 Å². The lowest BCUT2D eigenvalue weighted by atomic mass is 9.90. The molecule has 1 aliphatic carbocycles. The summed E-state index contributed by atoms with van der Waals surface area (Å²) in [5.74, 6) is 0.0957. The van der Waals surface area contributed by atoms with Crippen molar-refractivity contribution in [3.05, 3.63) is 0 Å².